The summed E-state index contributed by atoms with van der Waals surface area (Å²) in [5.74, 6) is 0. The second kappa shape index (κ2) is 7.95. The van der Waals surface area contributed by atoms with E-state index in [1.807, 2.05) is 11.9 Å². The van der Waals surface area contributed by atoms with Crippen LogP contribution in [0.25, 0.3) is 0 Å². The van der Waals surface area contributed by atoms with Gasteiger partial charge in [0.05, 0.1) is 7.05 Å². The third kappa shape index (κ3) is 4.18. The zero-order valence-corrected chi connectivity index (χ0v) is 15.4. The highest BCUT2D eigenvalue weighted by atomic mass is 32.2. The van der Waals surface area contributed by atoms with Gasteiger partial charge >= 0.3 is 0 Å². The van der Waals surface area contributed by atoms with Gasteiger partial charge < -0.3 is 5.21 Å². The van der Waals surface area contributed by atoms with Crippen molar-refractivity contribution < 1.29 is 15.3 Å². The molecule has 3 atom stereocenters. The van der Waals surface area contributed by atoms with Crippen molar-refractivity contribution in [2.24, 2.45) is 0 Å². The Bertz CT molecular complexity index is 412. The van der Waals surface area contributed by atoms with Gasteiger partial charge in [0.25, 0.3) is 5.11 Å². The molecule has 1 aliphatic heterocycles. The monoisotopic (exact) mass is 361 g/mol. The average Bonchev–Trinajstić information content (AvgIpc) is 2.85. The van der Waals surface area contributed by atoms with Crippen molar-refractivity contribution in [3.63, 3.8) is 0 Å². The molecule has 0 radical (unpaired) electrons. The van der Waals surface area contributed by atoms with Gasteiger partial charge in [-0.15, -0.1) is 0 Å². The first kappa shape index (κ1) is 17.8. The highest BCUT2D eigenvalue weighted by Crippen LogP contribution is 2.31. The molecule has 4 N–H and O–H groups in total. The summed E-state index contributed by atoms with van der Waals surface area (Å²) in [6.07, 6.45) is 10.0. The van der Waals surface area contributed by atoms with Crippen LogP contribution in [0.5, 0.6) is 0 Å². The second-order valence-corrected chi connectivity index (χ2v) is 8.61. The first-order valence-electron chi connectivity index (χ1n) is 8.89. The van der Waals surface area contributed by atoms with E-state index in [-0.39, 0.29) is 11.5 Å². The summed E-state index contributed by atoms with van der Waals surface area (Å²) < 4.78 is 2.38. The maximum atomic E-state index is 11.1. The maximum Gasteiger partial charge on any atom is 0.283 e. The van der Waals surface area contributed by atoms with Crippen LogP contribution < -0.4 is 15.4 Å². The zero-order valence-electron chi connectivity index (χ0n) is 13.8. The molecule has 0 aromatic rings. The van der Waals surface area contributed by atoms with Crippen LogP contribution in [0.2, 0.25) is 0 Å². The quantitative estimate of drug-likeness (QED) is 0.322. The Kier molecular flexibility index (Phi) is 6.17. The minimum absolute atomic E-state index is 0.144. The fraction of sp³-hybridized carbons (Fsp3) is 0.933. The van der Waals surface area contributed by atoms with E-state index < -0.39 is 5.23 Å². The lowest BCUT2D eigenvalue weighted by molar-refractivity contribution is -1.07. The Morgan fingerprint density at radius 3 is 2.48 bits per heavy atom. The summed E-state index contributed by atoms with van der Waals surface area (Å²) in [6.45, 7) is 0. The van der Waals surface area contributed by atoms with Crippen molar-refractivity contribution in [3.8, 4) is 0 Å². The van der Waals surface area contributed by atoms with Gasteiger partial charge in [-0.3, -0.25) is 14.5 Å². The molecule has 6 nitrogen and oxygen atoms in total. The molecule has 3 aliphatic rings. The van der Waals surface area contributed by atoms with E-state index in [1.54, 1.807) is 0 Å². The first-order valence-corrected chi connectivity index (χ1v) is 10.1. The summed E-state index contributed by atoms with van der Waals surface area (Å²) in [6, 6.07) is 0.882. The second-order valence-electron chi connectivity index (χ2n) is 7.14. The number of nitrogens with one attached hydrogen (secondary N) is 3. The van der Waals surface area contributed by atoms with E-state index in [1.165, 1.54) is 37.0 Å². The summed E-state index contributed by atoms with van der Waals surface area (Å²) in [5, 5.41) is 24.3. The van der Waals surface area contributed by atoms with Crippen molar-refractivity contribution >= 4 is 29.3 Å². The Morgan fingerprint density at radius 2 is 1.87 bits per heavy atom. The van der Waals surface area contributed by atoms with E-state index in [9.17, 15) is 5.21 Å². The number of thiocarbonyl (C=S) groups is 1. The largest absolute Gasteiger partial charge is 0.600 e. The Morgan fingerprint density at radius 1 is 1.22 bits per heavy atom. The topological polar surface area (TPSA) is 67.4 Å². The predicted octanol–water partition coefficient (Wildman–Crippen LogP) is 0.0388. The fourth-order valence-electron chi connectivity index (χ4n) is 3.97. The molecule has 8 heteroatoms. The number of nitrogens with zero attached hydrogens (tertiary/aromatic N) is 1. The van der Waals surface area contributed by atoms with Crippen LogP contribution in [0.1, 0.15) is 57.8 Å². The predicted molar refractivity (Wildman–Crippen MR) is 94.9 cm³/mol. The van der Waals surface area contributed by atoms with Crippen molar-refractivity contribution in [1.29, 1.82) is 0 Å². The lowest BCUT2D eigenvalue weighted by Gasteiger charge is -2.32. The Balaban J connectivity index is 1.51. The normalized spacial score (nSPS) is 38.0. The van der Waals surface area contributed by atoms with Gasteiger partial charge in [0.2, 0.25) is 5.50 Å². The Labute approximate surface area is 148 Å². The molecule has 3 rings (SSSR count). The number of rotatable bonds is 4. The average molecular weight is 362 g/mol. The molecule has 2 saturated carbocycles. The molecule has 0 spiro atoms. The van der Waals surface area contributed by atoms with Crippen LogP contribution in [0.15, 0.2) is 0 Å². The summed E-state index contributed by atoms with van der Waals surface area (Å²) in [4.78, 5) is 1.27. The van der Waals surface area contributed by atoms with Crippen LogP contribution in [-0.4, -0.2) is 45.3 Å². The smallest absolute Gasteiger partial charge is 0.283 e. The van der Waals surface area contributed by atoms with Crippen molar-refractivity contribution in [2.75, 3.05) is 7.05 Å². The minimum atomic E-state index is -0.633. The number of hydrogen-bond donors (Lipinski definition) is 4. The van der Waals surface area contributed by atoms with Gasteiger partial charge in [-0.05, 0) is 25.7 Å². The maximum absolute atomic E-state index is 11.1. The van der Waals surface area contributed by atoms with E-state index in [2.05, 4.69) is 16.7 Å². The molecule has 0 aromatic heterocycles. The van der Waals surface area contributed by atoms with Gasteiger partial charge in [-0.25, -0.2) is 10.4 Å². The summed E-state index contributed by atoms with van der Waals surface area (Å²) in [7, 11) is 2.15. The van der Waals surface area contributed by atoms with Crippen LogP contribution in [0, 0.1) is 5.21 Å². The lowest BCUT2D eigenvalue weighted by Crippen LogP contribution is -3.15. The van der Waals surface area contributed by atoms with Crippen molar-refractivity contribution in [1.82, 2.24) is 9.62 Å². The first-order chi connectivity index (χ1) is 11.1. The molecule has 0 bridgehead atoms. The summed E-state index contributed by atoms with van der Waals surface area (Å²) in [5.41, 5.74) is 0.274. The highest BCUT2D eigenvalue weighted by molar-refractivity contribution is 7.99. The SMILES string of the molecule is C[NH+]1C(=S)N(C2CCCCC2)SC1NC1CCC([NH+]([O-])O)CC1. The minimum Gasteiger partial charge on any atom is -0.600 e. The van der Waals surface area contributed by atoms with Gasteiger partial charge in [0.1, 0.15) is 6.04 Å². The van der Waals surface area contributed by atoms with Crippen LogP contribution in [0.4, 0.5) is 0 Å². The van der Waals surface area contributed by atoms with Crippen LogP contribution in [0.3, 0.4) is 0 Å². The molecule has 132 valence electrons. The van der Waals surface area contributed by atoms with Crippen LogP contribution in [-0.2, 0) is 0 Å². The van der Waals surface area contributed by atoms with E-state index in [0.717, 1.165) is 30.8 Å². The van der Waals surface area contributed by atoms with Crippen molar-refractivity contribution in [2.45, 2.75) is 81.4 Å². The number of hydrogen-bond acceptors (Lipinski definition) is 5. The van der Waals surface area contributed by atoms with Crippen molar-refractivity contribution in [3.05, 3.63) is 5.21 Å². The third-order valence-corrected chi connectivity index (χ3v) is 7.56. The van der Waals surface area contributed by atoms with Crippen LogP contribution >= 0.6 is 24.2 Å². The molecule has 0 amide bonds. The molecule has 0 aromatic carbocycles. The van der Waals surface area contributed by atoms with E-state index in [0.29, 0.717) is 12.1 Å². The lowest BCUT2D eigenvalue weighted by atomic mass is 9.91. The van der Waals surface area contributed by atoms with Gasteiger partial charge in [-0.1, -0.05) is 19.3 Å². The molecular weight excluding hydrogens is 332 g/mol. The summed E-state index contributed by atoms with van der Waals surface area (Å²) >= 11 is 7.55. The van der Waals surface area contributed by atoms with E-state index >= 15 is 0 Å². The van der Waals surface area contributed by atoms with Gasteiger partial charge in [0.15, 0.2) is 0 Å². The number of hydroxylamine groups is 2. The molecule has 2 aliphatic carbocycles. The molecule has 1 heterocycles. The van der Waals surface area contributed by atoms with E-state index in [4.69, 9.17) is 17.4 Å². The highest BCUT2D eigenvalue weighted by Gasteiger charge is 2.43. The standard InChI is InChI=1S/C15H28N4O2S2/c1-17-14(16-11-7-9-13(10-8-11)19(20)21)23-18(15(17)22)12-5-3-2-4-6-12/h11-14,16,19-20H,2-10H2,1H3/p+1. The molecule has 3 fully saturated rings. The molecule has 23 heavy (non-hydrogen) atoms. The molecule has 3 unspecified atom stereocenters. The number of quaternary nitrogens is 2. The third-order valence-electron chi connectivity index (χ3n) is 5.52. The fourth-order valence-corrected chi connectivity index (χ4v) is 5.81. The van der Waals surface area contributed by atoms with Gasteiger partial charge in [0, 0.05) is 49.1 Å². The molecule has 1 saturated heterocycles. The van der Waals surface area contributed by atoms with Gasteiger partial charge in [-0.2, -0.15) is 0 Å². The Hall–Kier alpha value is 0.0400. The zero-order chi connectivity index (χ0) is 16.4. The molecular formula is C15H29N4O2S2+.